The smallest absolute Gasteiger partial charge is 0.213 e. The van der Waals surface area contributed by atoms with Crippen LogP contribution in [0.1, 0.15) is 43.2 Å². The molecule has 1 aromatic heterocycles. The van der Waals surface area contributed by atoms with E-state index in [1.54, 1.807) is 6.07 Å². The SMILES string of the molecule is C=CCC1(c2cc(CCl)ccc2-c2cc(OC)ncc2F)CCCC1. The van der Waals surface area contributed by atoms with Crippen molar-refractivity contribution >= 4 is 11.6 Å². The molecule has 0 amide bonds. The Bertz CT molecular complexity index is 768. The van der Waals surface area contributed by atoms with Gasteiger partial charge in [0, 0.05) is 17.5 Å². The highest BCUT2D eigenvalue weighted by Gasteiger charge is 2.36. The van der Waals surface area contributed by atoms with Gasteiger partial charge in [-0.3, -0.25) is 0 Å². The average molecular weight is 360 g/mol. The number of allylic oxidation sites excluding steroid dienone is 1. The minimum atomic E-state index is -0.340. The second kappa shape index (κ2) is 7.57. The molecule has 1 aliphatic carbocycles. The second-order valence-electron chi connectivity index (χ2n) is 6.70. The lowest BCUT2D eigenvalue weighted by Gasteiger charge is -2.31. The quantitative estimate of drug-likeness (QED) is 0.464. The predicted octanol–water partition coefficient (Wildman–Crippen LogP) is 6.02. The van der Waals surface area contributed by atoms with Gasteiger partial charge in [-0.05, 0) is 41.4 Å². The van der Waals surface area contributed by atoms with E-state index in [1.165, 1.54) is 26.1 Å². The first-order valence-electron chi connectivity index (χ1n) is 8.64. The molecular formula is C21H23ClFNO. The maximum atomic E-state index is 14.6. The normalized spacial score (nSPS) is 16.0. The van der Waals surface area contributed by atoms with Crippen molar-refractivity contribution in [1.82, 2.24) is 4.98 Å². The maximum absolute atomic E-state index is 14.6. The van der Waals surface area contributed by atoms with Gasteiger partial charge in [0.15, 0.2) is 0 Å². The molecule has 3 rings (SSSR count). The number of aromatic nitrogens is 1. The Balaban J connectivity index is 2.22. The Morgan fingerprint density at radius 1 is 1.28 bits per heavy atom. The lowest BCUT2D eigenvalue weighted by Crippen LogP contribution is -2.22. The molecule has 1 saturated carbocycles. The third-order valence-electron chi connectivity index (χ3n) is 5.23. The van der Waals surface area contributed by atoms with Gasteiger partial charge in [0.2, 0.25) is 5.88 Å². The van der Waals surface area contributed by atoms with E-state index >= 15 is 0 Å². The van der Waals surface area contributed by atoms with E-state index in [0.29, 0.717) is 17.3 Å². The van der Waals surface area contributed by atoms with E-state index in [1.807, 2.05) is 18.2 Å². The summed E-state index contributed by atoms with van der Waals surface area (Å²) in [6.45, 7) is 3.95. The average Bonchev–Trinajstić information content (AvgIpc) is 3.12. The molecular weight excluding hydrogens is 337 g/mol. The lowest BCUT2D eigenvalue weighted by molar-refractivity contribution is 0.396. The Hall–Kier alpha value is -1.87. The van der Waals surface area contributed by atoms with Crippen LogP contribution in [0, 0.1) is 5.82 Å². The van der Waals surface area contributed by atoms with Crippen molar-refractivity contribution in [3.05, 3.63) is 60.1 Å². The van der Waals surface area contributed by atoms with E-state index in [-0.39, 0.29) is 11.2 Å². The fraction of sp³-hybridized carbons (Fsp3) is 0.381. The first-order chi connectivity index (χ1) is 12.1. The van der Waals surface area contributed by atoms with Gasteiger partial charge in [-0.2, -0.15) is 0 Å². The minimum absolute atomic E-state index is 0.00208. The van der Waals surface area contributed by atoms with Crippen molar-refractivity contribution in [3.8, 4) is 17.0 Å². The second-order valence-corrected chi connectivity index (χ2v) is 6.97. The zero-order chi connectivity index (χ0) is 17.9. The van der Waals surface area contributed by atoms with Crippen molar-refractivity contribution in [2.75, 3.05) is 7.11 Å². The van der Waals surface area contributed by atoms with Gasteiger partial charge in [0.05, 0.1) is 13.3 Å². The Morgan fingerprint density at radius 3 is 2.68 bits per heavy atom. The van der Waals surface area contributed by atoms with Gasteiger partial charge < -0.3 is 4.74 Å². The molecule has 1 aliphatic rings. The van der Waals surface area contributed by atoms with Crippen molar-refractivity contribution in [2.24, 2.45) is 0 Å². The summed E-state index contributed by atoms with van der Waals surface area (Å²) in [6, 6.07) is 7.76. The monoisotopic (exact) mass is 359 g/mol. The van der Waals surface area contributed by atoms with Crippen LogP contribution in [0.25, 0.3) is 11.1 Å². The number of methoxy groups -OCH3 is 1. The first kappa shape index (κ1) is 17.9. The van der Waals surface area contributed by atoms with Crippen LogP contribution in [0.5, 0.6) is 5.88 Å². The summed E-state index contributed by atoms with van der Waals surface area (Å²) < 4.78 is 19.8. The third-order valence-corrected chi connectivity index (χ3v) is 5.54. The Kier molecular flexibility index (Phi) is 5.43. The summed E-state index contributed by atoms with van der Waals surface area (Å²) in [5, 5.41) is 0. The van der Waals surface area contributed by atoms with Crippen LogP contribution in [0.15, 0.2) is 43.1 Å². The number of hydrogen-bond acceptors (Lipinski definition) is 2. The van der Waals surface area contributed by atoms with Crippen molar-refractivity contribution < 1.29 is 9.13 Å². The van der Waals surface area contributed by atoms with Gasteiger partial charge in [0.25, 0.3) is 0 Å². The van der Waals surface area contributed by atoms with Crippen LogP contribution in [0.2, 0.25) is 0 Å². The van der Waals surface area contributed by atoms with E-state index in [2.05, 4.69) is 17.6 Å². The number of nitrogens with zero attached hydrogens (tertiary/aromatic N) is 1. The Morgan fingerprint density at radius 2 is 2.04 bits per heavy atom. The summed E-state index contributed by atoms with van der Waals surface area (Å²) in [7, 11) is 1.54. The molecule has 1 fully saturated rings. The molecule has 0 saturated heterocycles. The number of benzene rings is 1. The molecule has 132 valence electrons. The van der Waals surface area contributed by atoms with Crippen molar-refractivity contribution in [2.45, 2.75) is 43.4 Å². The maximum Gasteiger partial charge on any atom is 0.213 e. The van der Waals surface area contributed by atoms with E-state index in [9.17, 15) is 4.39 Å². The highest BCUT2D eigenvalue weighted by molar-refractivity contribution is 6.17. The lowest BCUT2D eigenvalue weighted by atomic mass is 9.73. The van der Waals surface area contributed by atoms with Crippen molar-refractivity contribution in [1.29, 1.82) is 0 Å². The van der Waals surface area contributed by atoms with Crippen LogP contribution in [-0.4, -0.2) is 12.1 Å². The molecule has 0 N–H and O–H groups in total. The number of alkyl halides is 1. The Labute approximate surface area is 153 Å². The highest BCUT2D eigenvalue weighted by atomic mass is 35.5. The summed E-state index contributed by atoms with van der Waals surface area (Å²) in [5.74, 6) is 0.514. The summed E-state index contributed by atoms with van der Waals surface area (Å²) >= 11 is 6.08. The van der Waals surface area contributed by atoms with Gasteiger partial charge in [-0.15, -0.1) is 18.2 Å². The first-order valence-corrected chi connectivity index (χ1v) is 9.17. The topological polar surface area (TPSA) is 22.1 Å². The van der Waals surface area contributed by atoms with Crippen LogP contribution >= 0.6 is 11.6 Å². The fourth-order valence-corrected chi connectivity index (χ4v) is 4.16. The molecule has 1 aromatic carbocycles. The molecule has 0 bridgehead atoms. The summed E-state index contributed by atoms with van der Waals surface area (Å²) in [4.78, 5) is 3.96. The predicted molar refractivity (Wildman–Crippen MR) is 101 cm³/mol. The van der Waals surface area contributed by atoms with Gasteiger partial charge in [-0.1, -0.05) is 37.1 Å². The summed E-state index contributed by atoms with van der Waals surface area (Å²) in [5.41, 5.74) is 3.64. The number of pyridine rings is 1. The summed E-state index contributed by atoms with van der Waals surface area (Å²) in [6.07, 6.45) is 8.62. The number of ether oxygens (including phenoxy) is 1. The largest absolute Gasteiger partial charge is 0.481 e. The molecule has 0 atom stereocenters. The van der Waals surface area contributed by atoms with Crippen LogP contribution in [-0.2, 0) is 11.3 Å². The molecule has 2 nitrogen and oxygen atoms in total. The zero-order valence-corrected chi connectivity index (χ0v) is 15.3. The van der Waals surface area contributed by atoms with Crippen LogP contribution in [0.4, 0.5) is 4.39 Å². The molecule has 1 heterocycles. The number of hydrogen-bond donors (Lipinski definition) is 0. The molecule has 2 aromatic rings. The third kappa shape index (κ3) is 3.43. The van der Waals surface area contributed by atoms with Gasteiger partial charge in [0.1, 0.15) is 5.82 Å². The standard InChI is InChI=1S/C21H23ClFNO/c1-3-8-21(9-4-5-10-21)18-11-15(13-22)6-7-16(18)17-12-20(25-2)24-14-19(17)23/h3,6-7,11-12,14H,1,4-5,8-10,13H2,2H3. The number of halogens is 2. The zero-order valence-electron chi connectivity index (χ0n) is 14.5. The highest BCUT2D eigenvalue weighted by Crippen LogP contribution is 2.48. The fourth-order valence-electron chi connectivity index (χ4n) is 4.00. The molecule has 0 unspecified atom stereocenters. The molecule has 0 spiro atoms. The van der Waals surface area contributed by atoms with E-state index < -0.39 is 0 Å². The van der Waals surface area contributed by atoms with Gasteiger partial charge in [-0.25, -0.2) is 9.37 Å². The van der Waals surface area contributed by atoms with Crippen molar-refractivity contribution in [3.63, 3.8) is 0 Å². The van der Waals surface area contributed by atoms with Crippen LogP contribution in [0.3, 0.4) is 0 Å². The minimum Gasteiger partial charge on any atom is -0.481 e. The number of rotatable bonds is 6. The molecule has 0 aliphatic heterocycles. The van der Waals surface area contributed by atoms with E-state index in [0.717, 1.165) is 36.0 Å². The van der Waals surface area contributed by atoms with Crippen LogP contribution < -0.4 is 4.74 Å². The molecule has 4 heteroatoms. The van der Waals surface area contributed by atoms with E-state index in [4.69, 9.17) is 16.3 Å². The molecule has 25 heavy (non-hydrogen) atoms. The van der Waals surface area contributed by atoms with Gasteiger partial charge >= 0.3 is 0 Å². The molecule has 0 radical (unpaired) electrons.